The largest absolute Gasteiger partial charge is 0.394 e. The molecule has 420 valence electrons. The van der Waals surface area contributed by atoms with Gasteiger partial charge in [-0.3, -0.25) is 4.79 Å². The van der Waals surface area contributed by atoms with E-state index in [0.717, 1.165) is 25.7 Å². The third-order valence-corrected chi connectivity index (χ3v) is 15.9. The molecule has 0 bridgehead atoms. The first-order valence-corrected chi connectivity index (χ1v) is 32.8. The van der Waals surface area contributed by atoms with Crippen molar-refractivity contribution in [3.8, 4) is 0 Å². The highest BCUT2D eigenvalue weighted by molar-refractivity contribution is 5.76. The third kappa shape index (κ3) is 56.6. The van der Waals surface area contributed by atoms with E-state index in [1.807, 2.05) is 0 Å². The fraction of sp³-hybridized carbons (Fsp3) is 0.985. The van der Waals surface area contributed by atoms with Gasteiger partial charge in [-0.1, -0.05) is 367 Å². The van der Waals surface area contributed by atoms with E-state index in [1.54, 1.807) is 0 Å². The van der Waals surface area contributed by atoms with Crippen molar-refractivity contribution >= 4 is 5.91 Å². The van der Waals surface area contributed by atoms with Crippen LogP contribution in [0.2, 0.25) is 0 Å². The molecule has 0 radical (unpaired) electrons. The van der Waals surface area contributed by atoms with Gasteiger partial charge in [0.2, 0.25) is 5.91 Å². The quantitative estimate of drug-likeness (QED) is 0.0457. The predicted molar refractivity (Wildman–Crippen MR) is 310 cm³/mol. The maximum Gasteiger partial charge on any atom is 0.222 e. The number of aliphatic hydroxyl groups excluding tert-OH is 3. The molecule has 1 amide bonds. The third-order valence-electron chi connectivity index (χ3n) is 15.9. The van der Waals surface area contributed by atoms with Gasteiger partial charge < -0.3 is 20.6 Å². The Labute approximate surface area is 440 Å². The molecule has 3 unspecified atom stereocenters. The summed E-state index contributed by atoms with van der Waals surface area (Å²) in [4.78, 5) is 12.6. The molecule has 0 aliphatic rings. The van der Waals surface area contributed by atoms with E-state index < -0.39 is 18.2 Å². The van der Waals surface area contributed by atoms with Gasteiger partial charge >= 0.3 is 0 Å². The van der Waals surface area contributed by atoms with Gasteiger partial charge in [-0.15, -0.1) is 0 Å². The first-order chi connectivity index (χ1) is 34.5. The average Bonchev–Trinajstić information content (AvgIpc) is 3.36. The molecule has 0 aliphatic heterocycles. The lowest BCUT2D eigenvalue weighted by molar-refractivity contribution is -0.125. The van der Waals surface area contributed by atoms with Crippen molar-refractivity contribution < 1.29 is 20.1 Å². The molecule has 0 heterocycles. The summed E-state index contributed by atoms with van der Waals surface area (Å²) in [7, 11) is 0. The number of amides is 1. The van der Waals surface area contributed by atoms with Crippen LogP contribution in [0.5, 0.6) is 0 Å². The molecule has 0 saturated carbocycles. The van der Waals surface area contributed by atoms with Crippen LogP contribution >= 0.6 is 0 Å². The number of carbonyl (C=O) groups excluding carboxylic acids is 1. The predicted octanol–water partition coefficient (Wildman–Crippen LogP) is 20.9. The maximum atomic E-state index is 12.6. The van der Waals surface area contributed by atoms with Crippen molar-refractivity contribution in [1.29, 1.82) is 0 Å². The molecule has 3 atom stereocenters. The maximum absolute atomic E-state index is 12.6. The van der Waals surface area contributed by atoms with Crippen LogP contribution in [0.4, 0.5) is 0 Å². The van der Waals surface area contributed by atoms with Crippen LogP contribution in [0.25, 0.3) is 0 Å². The number of carbonyl (C=O) groups is 1. The van der Waals surface area contributed by atoms with E-state index in [4.69, 9.17) is 0 Å². The molecule has 70 heavy (non-hydrogen) atoms. The second-order valence-electron chi connectivity index (χ2n) is 23.1. The number of aliphatic hydroxyl groups is 3. The Hall–Kier alpha value is -0.650. The Balaban J connectivity index is 3.41. The molecule has 0 saturated heterocycles. The van der Waals surface area contributed by atoms with E-state index >= 15 is 0 Å². The van der Waals surface area contributed by atoms with E-state index in [1.165, 1.54) is 327 Å². The fourth-order valence-corrected chi connectivity index (χ4v) is 10.9. The lowest BCUT2D eigenvalue weighted by Crippen LogP contribution is -2.46. The van der Waals surface area contributed by atoms with Crippen molar-refractivity contribution in [1.82, 2.24) is 5.32 Å². The van der Waals surface area contributed by atoms with Crippen molar-refractivity contribution in [2.24, 2.45) is 0 Å². The highest BCUT2D eigenvalue weighted by atomic mass is 16.3. The van der Waals surface area contributed by atoms with E-state index in [2.05, 4.69) is 19.2 Å². The molecule has 4 N–H and O–H groups in total. The number of unbranched alkanes of at least 4 members (excludes halogenated alkanes) is 53. The topological polar surface area (TPSA) is 89.8 Å². The smallest absolute Gasteiger partial charge is 0.222 e. The standard InChI is InChI=1S/C65H131NO4/c1-3-5-7-9-11-13-15-17-19-21-23-25-26-27-28-29-30-31-32-33-34-35-36-37-38-39-40-42-44-46-48-50-52-54-56-58-62(68)60-65(70)66-63(61-67)64(69)59-57-55-53-51-49-47-45-43-41-24-22-20-18-16-14-12-10-8-6-4-2/h62-64,67-69H,3-61H2,1-2H3,(H,66,70). The first-order valence-electron chi connectivity index (χ1n) is 32.8. The number of rotatable bonds is 62. The van der Waals surface area contributed by atoms with Crippen molar-refractivity contribution in [2.45, 2.75) is 405 Å². The van der Waals surface area contributed by atoms with Crippen molar-refractivity contribution in [3.05, 3.63) is 0 Å². The Bertz CT molecular complexity index is 960. The van der Waals surface area contributed by atoms with Crippen LogP contribution in [0.1, 0.15) is 386 Å². The second-order valence-corrected chi connectivity index (χ2v) is 23.1. The SMILES string of the molecule is CCCCCCCCCCCCCCCCCCCCCCCCCCCCCCCCCCCCCC(O)CC(=O)NC(CO)C(O)CCCCCCCCCCCCCCCCCCCCCC. The minimum absolute atomic E-state index is 0.0438. The monoisotopic (exact) mass is 990 g/mol. The molecular weight excluding hydrogens is 859 g/mol. The zero-order valence-corrected chi connectivity index (χ0v) is 48.2. The molecule has 0 aromatic carbocycles. The Morgan fingerprint density at radius 1 is 0.300 bits per heavy atom. The summed E-state index contributed by atoms with van der Waals surface area (Å²) in [6.45, 7) is 4.32. The molecule has 0 aliphatic carbocycles. The zero-order chi connectivity index (χ0) is 50.7. The minimum atomic E-state index is -0.746. The van der Waals surface area contributed by atoms with E-state index in [0.29, 0.717) is 12.8 Å². The molecular formula is C65H131NO4. The van der Waals surface area contributed by atoms with E-state index in [9.17, 15) is 20.1 Å². The highest BCUT2D eigenvalue weighted by Crippen LogP contribution is 2.20. The molecule has 0 aromatic heterocycles. The summed E-state index contributed by atoms with van der Waals surface area (Å²) >= 11 is 0. The molecule has 0 fully saturated rings. The second kappa shape index (κ2) is 60.9. The van der Waals surface area contributed by atoms with Crippen LogP contribution in [-0.4, -0.2) is 46.1 Å². The molecule has 0 rings (SSSR count). The molecule has 0 aromatic rings. The van der Waals surface area contributed by atoms with Gasteiger partial charge in [0.15, 0.2) is 0 Å². The molecule has 0 spiro atoms. The van der Waals surface area contributed by atoms with Gasteiger partial charge in [-0.05, 0) is 12.8 Å². The van der Waals surface area contributed by atoms with Crippen LogP contribution in [0.3, 0.4) is 0 Å². The van der Waals surface area contributed by atoms with Gasteiger partial charge in [0, 0.05) is 0 Å². The van der Waals surface area contributed by atoms with Gasteiger partial charge in [-0.25, -0.2) is 0 Å². The number of nitrogens with one attached hydrogen (secondary N) is 1. The Morgan fingerprint density at radius 3 is 0.686 bits per heavy atom. The number of hydrogen-bond acceptors (Lipinski definition) is 4. The van der Waals surface area contributed by atoms with E-state index in [-0.39, 0.29) is 18.9 Å². The van der Waals surface area contributed by atoms with Crippen LogP contribution < -0.4 is 5.32 Å². The summed E-state index contributed by atoms with van der Waals surface area (Å²) in [6.07, 6.45) is 76.0. The lowest BCUT2D eigenvalue weighted by atomic mass is 10.0. The highest BCUT2D eigenvalue weighted by Gasteiger charge is 2.21. The summed E-state index contributed by atoms with van der Waals surface area (Å²) in [6, 6.07) is -0.655. The minimum Gasteiger partial charge on any atom is -0.394 e. The van der Waals surface area contributed by atoms with Crippen molar-refractivity contribution in [2.75, 3.05) is 6.61 Å². The Kier molecular flexibility index (Phi) is 60.3. The van der Waals surface area contributed by atoms with Crippen LogP contribution in [-0.2, 0) is 4.79 Å². The van der Waals surface area contributed by atoms with Gasteiger partial charge in [0.25, 0.3) is 0 Å². The van der Waals surface area contributed by atoms with Crippen LogP contribution in [0.15, 0.2) is 0 Å². The molecule has 5 heteroatoms. The Morgan fingerprint density at radius 2 is 0.486 bits per heavy atom. The van der Waals surface area contributed by atoms with Crippen molar-refractivity contribution in [3.63, 3.8) is 0 Å². The first kappa shape index (κ1) is 69.3. The normalized spacial score (nSPS) is 13.0. The average molecular weight is 991 g/mol. The zero-order valence-electron chi connectivity index (χ0n) is 48.2. The number of hydrogen-bond donors (Lipinski definition) is 4. The van der Waals surface area contributed by atoms with Gasteiger partial charge in [0.05, 0.1) is 31.3 Å². The van der Waals surface area contributed by atoms with Gasteiger partial charge in [0.1, 0.15) is 0 Å². The van der Waals surface area contributed by atoms with Crippen LogP contribution in [0, 0.1) is 0 Å². The fourth-order valence-electron chi connectivity index (χ4n) is 10.9. The summed E-state index contributed by atoms with van der Waals surface area (Å²) < 4.78 is 0. The summed E-state index contributed by atoms with van der Waals surface area (Å²) in [5, 5.41) is 33.7. The summed E-state index contributed by atoms with van der Waals surface area (Å²) in [5.41, 5.74) is 0. The lowest BCUT2D eigenvalue weighted by Gasteiger charge is -2.23. The summed E-state index contributed by atoms with van der Waals surface area (Å²) in [5.74, 6) is -0.273. The molecule has 5 nitrogen and oxygen atoms in total. The van der Waals surface area contributed by atoms with Gasteiger partial charge in [-0.2, -0.15) is 0 Å².